The van der Waals surface area contributed by atoms with Gasteiger partial charge in [-0.3, -0.25) is 0 Å². The van der Waals surface area contributed by atoms with Gasteiger partial charge in [0, 0.05) is 6.04 Å². The fourth-order valence-corrected chi connectivity index (χ4v) is 1.02. The van der Waals surface area contributed by atoms with Gasteiger partial charge in [-0.2, -0.15) is 0 Å². The van der Waals surface area contributed by atoms with E-state index in [1.165, 1.54) is 13.2 Å². The lowest BCUT2D eigenvalue weighted by atomic mass is 10.1. The maximum Gasteiger partial charge on any atom is 0.165 e. The van der Waals surface area contributed by atoms with E-state index < -0.39 is 0 Å². The molecule has 1 aromatic carbocycles. The minimum atomic E-state index is -0.387. The van der Waals surface area contributed by atoms with Crippen molar-refractivity contribution in [2.75, 3.05) is 7.11 Å². The van der Waals surface area contributed by atoms with Gasteiger partial charge in [0.25, 0.3) is 0 Å². The van der Waals surface area contributed by atoms with E-state index in [1.54, 1.807) is 18.2 Å². The highest BCUT2D eigenvalue weighted by Crippen LogP contribution is 2.21. The van der Waals surface area contributed by atoms with Crippen molar-refractivity contribution in [1.82, 2.24) is 0 Å². The van der Waals surface area contributed by atoms with Crippen LogP contribution in [-0.2, 0) is 0 Å². The molecule has 2 N–H and O–H groups in total. The van der Waals surface area contributed by atoms with Crippen molar-refractivity contribution in [3.8, 4) is 5.75 Å². The molecule has 0 spiro atoms. The number of hydrogen-bond donors (Lipinski definition) is 1. The van der Waals surface area contributed by atoms with Crippen molar-refractivity contribution in [2.24, 2.45) is 5.73 Å². The minimum absolute atomic E-state index is 0.204. The molecule has 0 radical (unpaired) electrons. The number of benzene rings is 1. The van der Waals surface area contributed by atoms with E-state index in [1.807, 2.05) is 0 Å². The summed E-state index contributed by atoms with van der Waals surface area (Å²) in [7, 11) is 1.42. The molecule has 0 fully saturated rings. The molecule has 1 atom stereocenters. The molecule has 0 heterocycles. The summed E-state index contributed by atoms with van der Waals surface area (Å²) in [5, 5.41) is 0. The summed E-state index contributed by atoms with van der Waals surface area (Å²) >= 11 is 0. The predicted octanol–water partition coefficient (Wildman–Crippen LogP) is 2.02. The van der Waals surface area contributed by atoms with Gasteiger partial charge >= 0.3 is 0 Å². The second kappa shape index (κ2) is 4.05. The molecule has 13 heavy (non-hydrogen) atoms. The van der Waals surface area contributed by atoms with Crippen LogP contribution in [0.2, 0.25) is 0 Å². The van der Waals surface area contributed by atoms with Crippen molar-refractivity contribution in [3.63, 3.8) is 0 Å². The first-order valence-electron chi connectivity index (χ1n) is 3.90. The van der Waals surface area contributed by atoms with Crippen LogP contribution in [0.25, 0.3) is 0 Å². The van der Waals surface area contributed by atoms with Crippen LogP contribution in [0, 0.1) is 5.82 Å². The van der Waals surface area contributed by atoms with Crippen molar-refractivity contribution in [2.45, 2.75) is 6.04 Å². The maximum atomic E-state index is 12.9. The topological polar surface area (TPSA) is 35.2 Å². The zero-order valence-electron chi connectivity index (χ0n) is 7.46. The van der Waals surface area contributed by atoms with E-state index in [2.05, 4.69) is 6.58 Å². The minimum Gasteiger partial charge on any atom is -0.494 e. The summed E-state index contributed by atoms with van der Waals surface area (Å²) in [6.45, 7) is 3.56. The Morgan fingerprint density at radius 1 is 1.62 bits per heavy atom. The summed E-state index contributed by atoms with van der Waals surface area (Å²) in [4.78, 5) is 0. The van der Waals surface area contributed by atoms with Gasteiger partial charge in [-0.1, -0.05) is 12.1 Å². The third-order valence-corrected chi connectivity index (χ3v) is 1.81. The highest BCUT2D eigenvalue weighted by Gasteiger charge is 2.06. The molecule has 0 saturated carbocycles. The Balaban J connectivity index is 3.05. The second-order valence-corrected chi connectivity index (χ2v) is 2.66. The first kappa shape index (κ1) is 9.74. The summed E-state index contributed by atoms with van der Waals surface area (Å²) in [6, 6.07) is 4.23. The Kier molecular flexibility index (Phi) is 3.03. The van der Waals surface area contributed by atoms with Gasteiger partial charge in [0.15, 0.2) is 11.6 Å². The molecule has 0 bridgehead atoms. The van der Waals surface area contributed by atoms with E-state index in [4.69, 9.17) is 10.5 Å². The van der Waals surface area contributed by atoms with Gasteiger partial charge in [0.05, 0.1) is 7.11 Å². The van der Waals surface area contributed by atoms with Gasteiger partial charge in [0.2, 0.25) is 0 Å². The molecule has 0 amide bonds. The monoisotopic (exact) mass is 181 g/mol. The summed E-state index contributed by atoms with van der Waals surface area (Å²) in [5.74, 6) is -0.183. The largest absolute Gasteiger partial charge is 0.494 e. The molecule has 1 aromatic rings. The van der Waals surface area contributed by atoms with Gasteiger partial charge in [-0.25, -0.2) is 4.39 Å². The molecule has 2 nitrogen and oxygen atoms in total. The SMILES string of the molecule is C=CC(N)c1ccc(F)c(OC)c1. The smallest absolute Gasteiger partial charge is 0.165 e. The van der Waals surface area contributed by atoms with E-state index in [9.17, 15) is 4.39 Å². The molecule has 0 aromatic heterocycles. The number of hydrogen-bond acceptors (Lipinski definition) is 2. The van der Waals surface area contributed by atoms with Crippen molar-refractivity contribution in [3.05, 3.63) is 42.2 Å². The van der Waals surface area contributed by atoms with Crippen LogP contribution in [-0.4, -0.2) is 7.11 Å². The third kappa shape index (κ3) is 2.06. The molecule has 70 valence electrons. The predicted molar refractivity (Wildman–Crippen MR) is 50.1 cm³/mol. The highest BCUT2D eigenvalue weighted by atomic mass is 19.1. The first-order valence-corrected chi connectivity index (χ1v) is 3.90. The summed E-state index contributed by atoms with van der Waals surface area (Å²) in [6.07, 6.45) is 1.59. The van der Waals surface area contributed by atoms with Crippen LogP contribution >= 0.6 is 0 Å². The average Bonchev–Trinajstić information content (AvgIpc) is 2.17. The molecule has 0 aliphatic carbocycles. The maximum absolute atomic E-state index is 12.9. The van der Waals surface area contributed by atoms with Crippen molar-refractivity contribution < 1.29 is 9.13 Å². The van der Waals surface area contributed by atoms with E-state index in [0.29, 0.717) is 0 Å². The quantitative estimate of drug-likeness (QED) is 0.724. The zero-order valence-corrected chi connectivity index (χ0v) is 7.46. The lowest BCUT2D eigenvalue weighted by Crippen LogP contribution is -2.06. The van der Waals surface area contributed by atoms with Crippen LogP contribution in [0.5, 0.6) is 5.75 Å². The molecular formula is C10H12FNO. The fourth-order valence-electron chi connectivity index (χ4n) is 1.02. The van der Waals surface area contributed by atoms with Gasteiger partial charge in [-0.05, 0) is 17.7 Å². The average molecular weight is 181 g/mol. The lowest BCUT2D eigenvalue weighted by molar-refractivity contribution is 0.385. The van der Waals surface area contributed by atoms with Gasteiger partial charge in [-0.15, -0.1) is 6.58 Å². The first-order chi connectivity index (χ1) is 6.19. The van der Waals surface area contributed by atoms with Gasteiger partial charge < -0.3 is 10.5 Å². The highest BCUT2D eigenvalue weighted by molar-refractivity contribution is 5.33. The molecule has 1 rings (SSSR count). The van der Waals surface area contributed by atoms with Crippen LogP contribution in [0.1, 0.15) is 11.6 Å². The molecule has 0 saturated heterocycles. The van der Waals surface area contributed by atoms with E-state index >= 15 is 0 Å². The Morgan fingerprint density at radius 3 is 2.85 bits per heavy atom. The number of rotatable bonds is 3. The van der Waals surface area contributed by atoms with E-state index in [0.717, 1.165) is 5.56 Å². The third-order valence-electron chi connectivity index (χ3n) is 1.81. The number of ether oxygens (including phenoxy) is 1. The number of halogens is 1. The Morgan fingerprint density at radius 2 is 2.31 bits per heavy atom. The van der Waals surface area contributed by atoms with Crippen LogP contribution in [0.3, 0.4) is 0 Å². The van der Waals surface area contributed by atoms with Gasteiger partial charge in [0.1, 0.15) is 0 Å². The van der Waals surface area contributed by atoms with Crippen LogP contribution in [0.4, 0.5) is 4.39 Å². The molecule has 0 aliphatic rings. The van der Waals surface area contributed by atoms with Crippen molar-refractivity contribution in [1.29, 1.82) is 0 Å². The van der Waals surface area contributed by atoms with Crippen LogP contribution < -0.4 is 10.5 Å². The second-order valence-electron chi connectivity index (χ2n) is 2.66. The molecule has 0 aliphatic heterocycles. The fraction of sp³-hybridized carbons (Fsp3) is 0.200. The molecule has 3 heteroatoms. The van der Waals surface area contributed by atoms with Crippen molar-refractivity contribution >= 4 is 0 Å². The number of methoxy groups -OCH3 is 1. The standard InChI is InChI=1S/C10H12FNO/c1-3-9(12)7-4-5-8(11)10(6-7)13-2/h3-6,9H,1,12H2,2H3. The van der Waals surface area contributed by atoms with Crippen LogP contribution in [0.15, 0.2) is 30.9 Å². The zero-order chi connectivity index (χ0) is 9.84. The summed E-state index contributed by atoms with van der Waals surface area (Å²) in [5.41, 5.74) is 6.46. The lowest BCUT2D eigenvalue weighted by Gasteiger charge is -2.08. The Hall–Kier alpha value is -1.35. The Bertz CT molecular complexity index is 312. The number of nitrogens with two attached hydrogens (primary N) is 1. The Labute approximate surface area is 76.8 Å². The molecular weight excluding hydrogens is 169 g/mol. The normalized spacial score (nSPS) is 12.2. The summed E-state index contributed by atoms with van der Waals surface area (Å²) < 4.78 is 17.8. The van der Waals surface area contributed by atoms with E-state index in [-0.39, 0.29) is 17.6 Å². The molecule has 1 unspecified atom stereocenters.